The molecule has 3 heterocycles. The first-order chi connectivity index (χ1) is 18.3. The van der Waals surface area contributed by atoms with Crippen molar-refractivity contribution in [3.8, 4) is 0 Å². The fraction of sp³-hybridized carbons (Fsp3) is 0.542. The summed E-state index contributed by atoms with van der Waals surface area (Å²) in [5.74, 6) is 0.523. The molecular formula is C24H32BrClN6O5S. The molecule has 1 aliphatic carbocycles. The summed E-state index contributed by atoms with van der Waals surface area (Å²) >= 11 is 10.7. The molecule has 2 fully saturated rings. The van der Waals surface area contributed by atoms with Gasteiger partial charge in [0.2, 0.25) is 0 Å². The van der Waals surface area contributed by atoms with Crippen LogP contribution in [-0.4, -0.2) is 83.4 Å². The summed E-state index contributed by atoms with van der Waals surface area (Å²) in [6.45, 7) is 3.34. The fourth-order valence-electron chi connectivity index (χ4n) is 3.65. The van der Waals surface area contributed by atoms with Gasteiger partial charge in [0.25, 0.3) is 5.91 Å². The number of pyridine rings is 1. The molecule has 14 heteroatoms. The van der Waals surface area contributed by atoms with Gasteiger partial charge in [-0.1, -0.05) is 23.4 Å². The summed E-state index contributed by atoms with van der Waals surface area (Å²) in [6.07, 6.45) is 6.48. The van der Waals surface area contributed by atoms with Gasteiger partial charge < -0.3 is 25.3 Å². The highest BCUT2D eigenvalue weighted by atomic mass is 79.9. The molecule has 208 valence electrons. The number of hydroxylamine groups is 2. The molecule has 0 spiro atoms. The Bertz CT molecular complexity index is 1140. The number of hydrogen-bond acceptors (Lipinski definition) is 10. The molecule has 0 radical (unpaired) electrons. The standard InChI is InChI=1S/C24H32BrClN6O5S/c1-14-18(13-36-14)37-24(17(34-2)10-28-11-21(27)31-7-6-20(26)30-31)38-19-8-16(25)9-29-22(19)23(33)32(35-3)12-15-4-5-15/h6-9,11,14-15,17-18,24,28H,4-5,10,12-13,27H2,1-3H3/b21-11+/t14?,17-,18?,24?/m0/s1. The minimum Gasteiger partial charge on any atom is -0.385 e. The van der Waals surface area contributed by atoms with Crippen LogP contribution in [0.25, 0.3) is 5.82 Å². The van der Waals surface area contributed by atoms with Crippen LogP contribution < -0.4 is 11.1 Å². The molecule has 0 bridgehead atoms. The number of nitrogens with zero attached hydrogens (tertiary/aromatic N) is 4. The zero-order valence-corrected chi connectivity index (χ0v) is 24.5. The lowest BCUT2D eigenvalue weighted by Crippen LogP contribution is -2.49. The van der Waals surface area contributed by atoms with E-state index in [2.05, 4.69) is 31.3 Å². The predicted octanol–water partition coefficient (Wildman–Crippen LogP) is 3.35. The molecule has 11 nitrogen and oxygen atoms in total. The highest BCUT2D eigenvalue weighted by molar-refractivity contribution is 9.10. The maximum absolute atomic E-state index is 13.4. The minimum atomic E-state index is -0.500. The van der Waals surface area contributed by atoms with Crippen LogP contribution in [0.2, 0.25) is 5.15 Å². The van der Waals surface area contributed by atoms with Crippen LogP contribution in [-0.2, 0) is 19.0 Å². The van der Waals surface area contributed by atoms with E-state index in [0.717, 1.165) is 17.3 Å². The smallest absolute Gasteiger partial charge is 0.297 e. The molecule has 0 aromatic carbocycles. The first-order valence-electron chi connectivity index (χ1n) is 12.2. The number of ether oxygens (including phenoxy) is 3. The van der Waals surface area contributed by atoms with Gasteiger partial charge in [-0.15, -0.1) is 0 Å². The van der Waals surface area contributed by atoms with Gasteiger partial charge in [0.05, 0.1) is 26.4 Å². The molecule has 1 amide bonds. The molecule has 3 N–H and O–H groups in total. The lowest BCUT2D eigenvalue weighted by molar-refractivity contribution is -0.197. The number of rotatable bonds is 14. The number of nitrogens with one attached hydrogen (secondary N) is 1. The highest BCUT2D eigenvalue weighted by Crippen LogP contribution is 2.35. The van der Waals surface area contributed by atoms with Crippen LogP contribution in [0.3, 0.4) is 0 Å². The van der Waals surface area contributed by atoms with E-state index in [9.17, 15) is 4.79 Å². The second kappa shape index (κ2) is 13.5. The van der Waals surface area contributed by atoms with E-state index >= 15 is 0 Å². The number of aromatic nitrogens is 3. The van der Waals surface area contributed by atoms with E-state index in [-0.39, 0.29) is 23.8 Å². The molecule has 3 unspecified atom stereocenters. The lowest BCUT2D eigenvalue weighted by atomic mass is 10.1. The predicted molar refractivity (Wildman–Crippen MR) is 147 cm³/mol. The summed E-state index contributed by atoms with van der Waals surface area (Å²) in [5.41, 5.74) is 5.88. The fourth-order valence-corrected chi connectivity index (χ4v) is 5.53. The third kappa shape index (κ3) is 7.62. The molecule has 38 heavy (non-hydrogen) atoms. The zero-order chi connectivity index (χ0) is 27.2. The molecule has 1 aliphatic heterocycles. The molecule has 2 aromatic rings. The third-order valence-corrected chi connectivity index (χ3v) is 8.03. The van der Waals surface area contributed by atoms with Crippen LogP contribution in [0.4, 0.5) is 0 Å². The van der Waals surface area contributed by atoms with Crippen LogP contribution in [0.15, 0.2) is 40.1 Å². The summed E-state index contributed by atoms with van der Waals surface area (Å²) < 4.78 is 20.0. The largest absolute Gasteiger partial charge is 0.385 e. The van der Waals surface area contributed by atoms with Gasteiger partial charge in [-0.05, 0) is 53.7 Å². The summed E-state index contributed by atoms with van der Waals surface area (Å²) in [6, 6.07) is 3.50. The maximum Gasteiger partial charge on any atom is 0.297 e. The average molecular weight is 632 g/mol. The number of methoxy groups -OCH3 is 1. The Morgan fingerprint density at radius 1 is 1.47 bits per heavy atom. The Hall–Kier alpha value is -1.87. The summed E-state index contributed by atoms with van der Waals surface area (Å²) in [4.78, 5) is 23.9. The van der Waals surface area contributed by atoms with Gasteiger partial charge >= 0.3 is 0 Å². The average Bonchev–Trinajstić information content (AvgIpc) is 3.62. The molecule has 1 saturated heterocycles. The number of hydrogen-bond donors (Lipinski definition) is 2. The van der Waals surface area contributed by atoms with Crippen molar-refractivity contribution in [3.05, 3.63) is 46.0 Å². The van der Waals surface area contributed by atoms with Crippen molar-refractivity contribution in [1.29, 1.82) is 0 Å². The van der Waals surface area contributed by atoms with Gasteiger partial charge in [-0.3, -0.25) is 9.63 Å². The van der Waals surface area contributed by atoms with Crippen molar-refractivity contribution in [2.24, 2.45) is 11.7 Å². The Morgan fingerprint density at radius 2 is 2.26 bits per heavy atom. The van der Waals surface area contributed by atoms with Crippen molar-refractivity contribution < 1.29 is 23.8 Å². The molecule has 4 atom stereocenters. The lowest BCUT2D eigenvalue weighted by Gasteiger charge is -2.38. The van der Waals surface area contributed by atoms with E-state index in [1.54, 1.807) is 31.8 Å². The van der Waals surface area contributed by atoms with Crippen molar-refractivity contribution in [1.82, 2.24) is 25.1 Å². The number of carbonyl (C=O) groups excluding carboxylic acids is 1. The van der Waals surface area contributed by atoms with Crippen molar-refractivity contribution in [3.63, 3.8) is 0 Å². The molecular weight excluding hydrogens is 600 g/mol. The first kappa shape index (κ1) is 29.1. The van der Waals surface area contributed by atoms with Crippen LogP contribution in [0.5, 0.6) is 0 Å². The van der Waals surface area contributed by atoms with E-state index < -0.39 is 11.5 Å². The third-order valence-electron chi connectivity index (χ3n) is 6.19. The SMILES string of the molecule is CO[C@@H](CN/C=C(\N)n1ccc(Cl)n1)C(OC1COC1C)Sc1cc(Br)cnc1C(=O)N(CC1CC1)OC. The zero-order valence-electron chi connectivity index (χ0n) is 21.4. The number of carbonyl (C=O) groups is 1. The Balaban J connectivity index is 1.52. The number of nitrogens with two attached hydrogens (primary N) is 1. The van der Waals surface area contributed by atoms with Gasteiger partial charge in [-0.2, -0.15) is 5.10 Å². The Kier molecular flexibility index (Phi) is 10.3. The normalized spacial score (nSPS) is 21.0. The van der Waals surface area contributed by atoms with Gasteiger partial charge in [0.15, 0.2) is 5.15 Å². The van der Waals surface area contributed by atoms with Gasteiger partial charge in [0, 0.05) is 41.6 Å². The molecule has 2 aliphatic rings. The number of halogens is 2. The van der Waals surface area contributed by atoms with E-state index in [0.29, 0.717) is 41.5 Å². The first-order valence-corrected chi connectivity index (χ1v) is 14.2. The minimum absolute atomic E-state index is 0.0482. The monoisotopic (exact) mass is 630 g/mol. The van der Waals surface area contributed by atoms with Crippen molar-refractivity contribution in [2.75, 3.05) is 33.9 Å². The van der Waals surface area contributed by atoms with Crippen LogP contribution in [0, 0.1) is 5.92 Å². The second-order valence-electron chi connectivity index (χ2n) is 9.03. The number of amides is 1. The Morgan fingerprint density at radius 3 is 2.84 bits per heavy atom. The van der Waals surface area contributed by atoms with E-state index in [4.69, 9.17) is 36.4 Å². The molecule has 4 rings (SSSR count). The van der Waals surface area contributed by atoms with Crippen molar-refractivity contribution >= 4 is 51.0 Å². The number of thioether (sulfide) groups is 1. The van der Waals surface area contributed by atoms with Gasteiger partial charge in [0.1, 0.15) is 29.2 Å². The van der Waals surface area contributed by atoms with Crippen LogP contribution >= 0.6 is 39.3 Å². The topological polar surface area (TPSA) is 126 Å². The van der Waals surface area contributed by atoms with Gasteiger partial charge in [-0.25, -0.2) is 14.7 Å². The molecule has 1 saturated carbocycles. The van der Waals surface area contributed by atoms with Crippen LogP contribution in [0.1, 0.15) is 30.3 Å². The molecule has 2 aromatic heterocycles. The summed E-state index contributed by atoms with van der Waals surface area (Å²) in [5, 5.41) is 8.97. The Labute approximate surface area is 239 Å². The van der Waals surface area contributed by atoms with E-state index in [1.165, 1.54) is 28.6 Å². The maximum atomic E-state index is 13.4. The second-order valence-corrected chi connectivity index (χ2v) is 11.5. The quantitative estimate of drug-likeness (QED) is 0.182. The van der Waals surface area contributed by atoms with E-state index in [1.807, 2.05) is 13.0 Å². The summed E-state index contributed by atoms with van der Waals surface area (Å²) in [7, 11) is 3.11. The van der Waals surface area contributed by atoms with Crippen molar-refractivity contribution in [2.45, 2.75) is 48.4 Å². The highest BCUT2D eigenvalue weighted by Gasteiger charge is 2.36.